The Morgan fingerprint density at radius 1 is 0.882 bits per heavy atom. The van der Waals surface area contributed by atoms with Gasteiger partial charge in [-0.1, -0.05) is 61.4 Å². The zero-order valence-corrected chi connectivity index (χ0v) is 21.0. The molecule has 4 nitrogen and oxygen atoms in total. The van der Waals surface area contributed by atoms with E-state index in [1.807, 2.05) is 0 Å². The Morgan fingerprint density at radius 2 is 1.50 bits per heavy atom. The first-order valence-electron chi connectivity index (χ1n) is 13.4. The number of likely N-dealkylation sites (tertiary alicyclic amines) is 2. The third-order valence-corrected chi connectivity index (χ3v) is 8.64. The zero-order valence-electron chi connectivity index (χ0n) is 21.0. The van der Waals surface area contributed by atoms with Crippen LogP contribution in [-0.4, -0.2) is 48.4 Å². The molecule has 3 fully saturated rings. The Balaban J connectivity index is 1.14. The Hall–Kier alpha value is -2.17. The van der Waals surface area contributed by atoms with Gasteiger partial charge in [-0.05, 0) is 67.2 Å². The van der Waals surface area contributed by atoms with Gasteiger partial charge in [-0.2, -0.15) is 0 Å². The van der Waals surface area contributed by atoms with Crippen LogP contribution in [0.4, 0.5) is 0 Å². The van der Waals surface area contributed by atoms with Crippen LogP contribution in [0.2, 0.25) is 0 Å². The highest BCUT2D eigenvalue weighted by atomic mass is 16.1. The Labute approximate surface area is 205 Å². The van der Waals surface area contributed by atoms with Crippen molar-refractivity contribution in [1.82, 2.24) is 15.1 Å². The van der Waals surface area contributed by atoms with Gasteiger partial charge in [0, 0.05) is 45.2 Å². The van der Waals surface area contributed by atoms with Crippen molar-refractivity contribution in [3.05, 3.63) is 70.8 Å². The Bertz CT molecular complexity index is 934. The first kappa shape index (κ1) is 23.6. The van der Waals surface area contributed by atoms with Crippen molar-refractivity contribution in [3.63, 3.8) is 0 Å². The van der Waals surface area contributed by atoms with Crippen LogP contribution in [0.3, 0.4) is 0 Å². The summed E-state index contributed by atoms with van der Waals surface area (Å²) >= 11 is 0. The normalized spacial score (nSPS) is 24.4. The molecule has 0 spiro atoms. The van der Waals surface area contributed by atoms with E-state index in [9.17, 15) is 4.79 Å². The molecule has 4 heteroatoms. The maximum Gasteiger partial charge on any atom is 0.223 e. The smallest absolute Gasteiger partial charge is 0.223 e. The molecule has 2 aromatic rings. The number of fused-ring (bicyclic) bond motifs is 1. The van der Waals surface area contributed by atoms with E-state index in [1.165, 1.54) is 61.3 Å². The summed E-state index contributed by atoms with van der Waals surface area (Å²) in [6.07, 6.45) is 5.51. The highest BCUT2D eigenvalue weighted by Crippen LogP contribution is 2.33. The number of nitrogens with one attached hydrogen (secondary N) is 1. The minimum atomic E-state index is 0.121. The fraction of sp³-hybridized carbons (Fsp3) is 0.567. The summed E-state index contributed by atoms with van der Waals surface area (Å²) in [6, 6.07) is 17.4. The molecule has 2 aromatic carbocycles. The van der Waals surface area contributed by atoms with E-state index in [4.69, 9.17) is 0 Å². The van der Waals surface area contributed by atoms with E-state index >= 15 is 0 Å². The van der Waals surface area contributed by atoms with Crippen molar-refractivity contribution >= 4 is 5.91 Å². The first-order chi connectivity index (χ1) is 16.6. The lowest BCUT2D eigenvalue weighted by Crippen LogP contribution is -2.36. The summed E-state index contributed by atoms with van der Waals surface area (Å²) in [5.74, 6) is 2.06. The number of aryl methyl sites for hydroxylation is 2. The average molecular weight is 460 g/mol. The molecule has 0 bridgehead atoms. The van der Waals surface area contributed by atoms with Crippen molar-refractivity contribution in [1.29, 1.82) is 0 Å². The molecule has 2 saturated heterocycles. The fourth-order valence-electron chi connectivity index (χ4n) is 6.62. The second kappa shape index (κ2) is 10.6. The molecule has 5 rings (SSSR count). The summed E-state index contributed by atoms with van der Waals surface area (Å²) in [4.78, 5) is 18.2. The summed E-state index contributed by atoms with van der Waals surface area (Å²) in [7, 11) is 0. The molecule has 182 valence electrons. The maximum absolute atomic E-state index is 12.9. The number of rotatable bonds is 8. The molecule has 2 unspecified atom stereocenters. The highest BCUT2D eigenvalue weighted by molar-refractivity contribution is 5.79. The van der Waals surface area contributed by atoms with Crippen molar-refractivity contribution in [2.24, 2.45) is 17.8 Å². The standard InChI is InChI=1S/C30H41N3O/c1-22-9-8-10-23(2)28(22)21-33-19-26-17-32(18-27(26)20-33)16-15-29(24-11-4-3-5-12-24)31-30(34)25-13-6-7-14-25/h3-5,8-12,25-27,29H,6-7,13-21H2,1-2H3,(H,31,34)/t26?,27?,29-/m0/s1. The van der Waals surface area contributed by atoms with Crippen molar-refractivity contribution in [2.45, 2.75) is 58.5 Å². The molecule has 1 saturated carbocycles. The lowest BCUT2D eigenvalue weighted by molar-refractivity contribution is -0.125. The predicted octanol–water partition coefficient (Wildman–Crippen LogP) is 5.10. The molecule has 1 aliphatic carbocycles. The van der Waals surface area contributed by atoms with Gasteiger partial charge in [0.1, 0.15) is 0 Å². The molecule has 2 aliphatic heterocycles. The molecule has 1 amide bonds. The molecule has 0 radical (unpaired) electrons. The zero-order chi connectivity index (χ0) is 23.5. The van der Waals surface area contributed by atoms with Crippen molar-refractivity contribution in [3.8, 4) is 0 Å². The van der Waals surface area contributed by atoms with Gasteiger partial charge in [0.05, 0.1) is 6.04 Å². The third kappa shape index (κ3) is 5.39. The van der Waals surface area contributed by atoms with Crippen LogP contribution in [0.25, 0.3) is 0 Å². The lowest BCUT2D eigenvalue weighted by atomic mass is 10.0. The fourth-order valence-corrected chi connectivity index (χ4v) is 6.62. The average Bonchev–Trinajstić information content (AvgIpc) is 3.57. The topological polar surface area (TPSA) is 35.6 Å². The van der Waals surface area contributed by atoms with Crippen LogP contribution < -0.4 is 5.32 Å². The van der Waals surface area contributed by atoms with Crippen LogP contribution in [0, 0.1) is 31.6 Å². The molecular formula is C30H41N3O. The molecule has 1 N–H and O–H groups in total. The number of amides is 1. The lowest BCUT2D eigenvalue weighted by Gasteiger charge is -2.26. The van der Waals surface area contributed by atoms with Crippen LogP contribution in [0.15, 0.2) is 48.5 Å². The van der Waals surface area contributed by atoms with Gasteiger partial charge < -0.3 is 10.2 Å². The van der Waals surface area contributed by atoms with Gasteiger partial charge in [0.25, 0.3) is 0 Å². The number of hydrogen-bond donors (Lipinski definition) is 1. The van der Waals surface area contributed by atoms with E-state index in [0.29, 0.717) is 0 Å². The SMILES string of the molecule is Cc1cccc(C)c1CN1CC2CN(CC[C@H](NC(=O)C3CCCC3)c3ccccc3)CC2C1. The predicted molar refractivity (Wildman–Crippen MR) is 139 cm³/mol. The molecule has 3 atom stereocenters. The quantitative estimate of drug-likeness (QED) is 0.596. The van der Waals surface area contributed by atoms with Gasteiger partial charge in [0.15, 0.2) is 0 Å². The molecule has 34 heavy (non-hydrogen) atoms. The van der Waals surface area contributed by atoms with E-state index in [1.54, 1.807) is 0 Å². The monoisotopic (exact) mass is 459 g/mol. The van der Waals surface area contributed by atoms with E-state index < -0.39 is 0 Å². The van der Waals surface area contributed by atoms with E-state index in [2.05, 4.69) is 77.5 Å². The van der Waals surface area contributed by atoms with Gasteiger partial charge in [-0.15, -0.1) is 0 Å². The van der Waals surface area contributed by atoms with Crippen LogP contribution >= 0.6 is 0 Å². The summed E-state index contributed by atoms with van der Waals surface area (Å²) in [5.41, 5.74) is 5.60. The number of benzene rings is 2. The number of nitrogens with zero attached hydrogens (tertiary/aromatic N) is 2. The van der Waals surface area contributed by atoms with Crippen LogP contribution in [0.1, 0.15) is 60.4 Å². The van der Waals surface area contributed by atoms with E-state index in [-0.39, 0.29) is 17.9 Å². The molecule has 0 aromatic heterocycles. The number of carbonyl (C=O) groups excluding carboxylic acids is 1. The maximum atomic E-state index is 12.9. The van der Waals surface area contributed by atoms with Gasteiger partial charge in [-0.25, -0.2) is 0 Å². The highest BCUT2D eigenvalue weighted by Gasteiger charge is 2.40. The summed E-state index contributed by atoms with van der Waals surface area (Å²) in [5, 5.41) is 3.42. The Kier molecular flexibility index (Phi) is 7.36. The second-order valence-electron chi connectivity index (χ2n) is 11.1. The molecule has 3 aliphatic rings. The summed E-state index contributed by atoms with van der Waals surface area (Å²) in [6.45, 7) is 11.5. The van der Waals surface area contributed by atoms with Crippen LogP contribution in [-0.2, 0) is 11.3 Å². The molecular weight excluding hydrogens is 418 g/mol. The minimum Gasteiger partial charge on any atom is -0.349 e. The van der Waals surface area contributed by atoms with Gasteiger partial charge >= 0.3 is 0 Å². The number of carbonyl (C=O) groups is 1. The van der Waals surface area contributed by atoms with E-state index in [0.717, 1.165) is 44.2 Å². The Morgan fingerprint density at radius 3 is 2.15 bits per heavy atom. The third-order valence-electron chi connectivity index (χ3n) is 8.64. The first-order valence-corrected chi connectivity index (χ1v) is 13.4. The number of hydrogen-bond acceptors (Lipinski definition) is 3. The summed E-state index contributed by atoms with van der Waals surface area (Å²) < 4.78 is 0. The second-order valence-corrected chi connectivity index (χ2v) is 11.1. The van der Waals surface area contributed by atoms with Crippen molar-refractivity contribution < 1.29 is 4.79 Å². The largest absolute Gasteiger partial charge is 0.349 e. The molecule has 2 heterocycles. The van der Waals surface area contributed by atoms with Gasteiger partial charge in [0.2, 0.25) is 5.91 Å². The van der Waals surface area contributed by atoms with Crippen molar-refractivity contribution in [2.75, 3.05) is 32.7 Å². The minimum absolute atomic E-state index is 0.121. The van der Waals surface area contributed by atoms with Gasteiger partial charge in [-0.3, -0.25) is 9.69 Å². The van der Waals surface area contributed by atoms with Crippen LogP contribution in [0.5, 0.6) is 0 Å².